The summed E-state index contributed by atoms with van der Waals surface area (Å²) in [6, 6.07) is 13.4. The Bertz CT molecular complexity index is 1410. The van der Waals surface area contributed by atoms with E-state index in [2.05, 4.69) is 39.3 Å². The van der Waals surface area contributed by atoms with E-state index in [9.17, 15) is 13.0 Å². The average Bonchev–Trinajstić information content (AvgIpc) is 2.90. The van der Waals surface area contributed by atoms with Crippen LogP contribution in [0.2, 0.25) is 63.9 Å². The topological polar surface area (TPSA) is 119 Å². The number of halogens is 1. The smallest absolute Gasteiger partial charge is 0.397 e. The second-order valence-electron chi connectivity index (χ2n) is 14.3. The third-order valence-electron chi connectivity index (χ3n) is 6.91. The molecule has 260 valence electrons. The number of benzene rings is 2. The average molecular weight is 736 g/mol. The fourth-order valence-corrected chi connectivity index (χ4v) is 9.10. The van der Waals surface area contributed by atoms with Crippen molar-refractivity contribution >= 4 is 47.0 Å². The van der Waals surface area contributed by atoms with Crippen molar-refractivity contribution < 1.29 is 44.6 Å². The van der Waals surface area contributed by atoms with E-state index in [0.717, 1.165) is 16.9 Å². The van der Waals surface area contributed by atoms with Crippen LogP contribution in [0.3, 0.4) is 0 Å². The molecule has 0 radical (unpaired) electrons. The first-order valence-corrected chi connectivity index (χ1v) is 27.4. The van der Waals surface area contributed by atoms with E-state index in [1.807, 2.05) is 63.0 Å². The molecule has 2 aromatic rings. The van der Waals surface area contributed by atoms with Gasteiger partial charge in [0.25, 0.3) is 0 Å². The van der Waals surface area contributed by atoms with Gasteiger partial charge in [0, 0.05) is 17.7 Å². The first-order valence-electron chi connectivity index (χ1n) is 15.4. The fourth-order valence-electron chi connectivity index (χ4n) is 5.39. The van der Waals surface area contributed by atoms with Gasteiger partial charge in [-0.15, -0.1) is 0 Å². The Kier molecular flexibility index (Phi) is 13.0. The molecule has 1 aliphatic heterocycles. The number of rotatable bonds is 15. The Hall–Kier alpha value is -1.15. The van der Waals surface area contributed by atoms with E-state index < -0.39 is 72.2 Å². The minimum atomic E-state index is -4.80. The van der Waals surface area contributed by atoms with Gasteiger partial charge in [0.05, 0.1) is 13.2 Å². The van der Waals surface area contributed by atoms with Crippen LogP contribution in [-0.2, 0) is 49.5 Å². The molecule has 0 unspecified atom stereocenters. The van der Waals surface area contributed by atoms with Gasteiger partial charge in [-0.2, -0.15) is 8.42 Å². The number of methoxy groups -OCH3 is 1. The van der Waals surface area contributed by atoms with Gasteiger partial charge < -0.3 is 27.5 Å². The molecule has 0 aromatic heterocycles. The Morgan fingerprint density at radius 3 is 1.93 bits per heavy atom. The highest BCUT2D eigenvalue weighted by molar-refractivity contribution is 7.80. The van der Waals surface area contributed by atoms with E-state index in [1.54, 1.807) is 6.07 Å². The lowest BCUT2D eigenvalue weighted by atomic mass is 9.87. The zero-order valence-electron chi connectivity index (χ0n) is 28.9. The van der Waals surface area contributed by atoms with Crippen LogP contribution in [0.1, 0.15) is 23.6 Å². The van der Waals surface area contributed by atoms with Crippen LogP contribution >= 0.6 is 11.6 Å². The Labute approximate surface area is 283 Å². The lowest BCUT2D eigenvalue weighted by Crippen LogP contribution is -2.69. The summed E-state index contributed by atoms with van der Waals surface area (Å²) < 4.78 is 77.3. The third kappa shape index (κ3) is 11.2. The van der Waals surface area contributed by atoms with Crippen molar-refractivity contribution in [1.29, 1.82) is 0 Å². The molecule has 1 fully saturated rings. The van der Waals surface area contributed by atoms with Crippen molar-refractivity contribution in [2.24, 2.45) is 0 Å². The highest BCUT2D eigenvalue weighted by Crippen LogP contribution is 2.46. The normalized spacial score (nSPS) is 24.6. The number of hydrogen-bond acceptors (Lipinski definition) is 9. The zero-order valence-corrected chi connectivity index (χ0v) is 33.5. The summed E-state index contributed by atoms with van der Waals surface area (Å²) in [5.41, 5.74) is 2.46. The first-order chi connectivity index (χ1) is 21.1. The predicted octanol–water partition coefficient (Wildman–Crippen LogP) is 7.01. The molecule has 2 aromatic carbocycles. The molecule has 10 nitrogen and oxygen atoms in total. The molecule has 0 spiro atoms. The maximum Gasteiger partial charge on any atom is 0.397 e. The largest absolute Gasteiger partial charge is 0.494 e. The molecule has 0 aliphatic carbocycles. The summed E-state index contributed by atoms with van der Waals surface area (Å²) in [6.45, 7) is 20.5. The van der Waals surface area contributed by atoms with Crippen molar-refractivity contribution in [3.8, 4) is 5.75 Å². The van der Waals surface area contributed by atoms with Gasteiger partial charge in [0.2, 0.25) is 5.79 Å². The quantitative estimate of drug-likeness (QED) is 0.151. The molecular formula is C31H51ClO10SSi3. The lowest BCUT2D eigenvalue weighted by Gasteiger charge is -2.55. The molecule has 3 rings (SSSR count). The third-order valence-corrected chi connectivity index (χ3v) is 10.6. The molecule has 1 saturated heterocycles. The Morgan fingerprint density at radius 1 is 0.870 bits per heavy atom. The molecule has 1 aliphatic rings. The highest BCUT2D eigenvalue weighted by Gasteiger charge is 2.60. The van der Waals surface area contributed by atoms with Crippen molar-refractivity contribution in [2.75, 3.05) is 20.3 Å². The van der Waals surface area contributed by atoms with Crippen molar-refractivity contribution in [3.63, 3.8) is 0 Å². The zero-order chi connectivity index (χ0) is 34.7. The van der Waals surface area contributed by atoms with Gasteiger partial charge in [-0.1, -0.05) is 29.8 Å². The number of ether oxygens (including phenoxy) is 3. The molecule has 1 N–H and O–H groups in total. The molecule has 5 atom stereocenters. The van der Waals surface area contributed by atoms with Crippen LogP contribution in [0, 0.1) is 0 Å². The molecule has 46 heavy (non-hydrogen) atoms. The summed E-state index contributed by atoms with van der Waals surface area (Å²) in [6.07, 6.45) is -2.86. The number of hydrogen-bond donors (Lipinski definition) is 1. The Morgan fingerprint density at radius 2 is 1.43 bits per heavy atom. The molecule has 1 heterocycles. The second kappa shape index (κ2) is 15.2. The molecule has 15 heteroatoms. The van der Waals surface area contributed by atoms with Crippen molar-refractivity contribution in [3.05, 3.63) is 64.2 Å². The first kappa shape index (κ1) is 39.3. The van der Waals surface area contributed by atoms with Crippen LogP contribution in [0.5, 0.6) is 5.75 Å². The second-order valence-corrected chi connectivity index (χ2v) is 29.2. The van der Waals surface area contributed by atoms with Gasteiger partial charge in [-0.3, -0.25) is 4.55 Å². The molecular weight excluding hydrogens is 684 g/mol. The maximum atomic E-state index is 11.8. The van der Waals surface area contributed by atoms with Crippen LogP contribution in [-0.4, -0.2) is 82.7 Å². The SMILES string of the molecule is CCOc1ccc(Cc2cc([C@]3(OC)O[C@H](COS(=O)(=O)O)[C@@H](O[Si](C)(C)C)[C@H](O[Si](C)(C)C)[C@H]3O[Si](C)(C)C)ccc2Cl)cc1. The van der Waals surface area contributed by atoms with E-state index >= 15 is 0 Å². The summed E-state index contributed by atoms with van der Waals surface area (Å²) in [5, 5.41) is 0.559. The highest BCUT2D eigenvalue weighted by atomic mass is 35.5. The minimum Gasteiger partial charge on any atom is -0.494 e. The molecule has 0 saturated carbocycles. The summed E-state index contributed by atoms with van der Waals surface area (Å²) in [4.78, 5) is 0. The van der Waals surface area contributed by atoms with Gasteiger partial charge in [0.1, 0.15) is 30.2 Å². The molecule has 0 amide bonds. The van der Waals surface area contributed by atoms with Gasteiger partial charge in [-0.25, -0.2) is 4.18 Å². The Balaban J connectivity index is 2.24. The summed E-state index contributed by atoms with van der Waals surface area (Å²) in [7, 11) is -10.2. The predicted molar refractivity (Wildman–Crippen MR) is 188 cm³/mol. The molecule has 0 bridgehead atoms. The monoisotopic (exact) mass is 734 g/mol. The van der Waals surface area contributed by atoms with Crippen LogP contribution < -0.4 is 4.74 Å². The minimum absolute atomic E-state index is 0.518. The van der Waals surface area contributed by atoms with Crippen LogP contribution in [0.25, 0.3) is 0 Å². The van der Waals surface area contributed by atoms with E-state index in [1.165, 1.54) is 7.11 Å². The van der Waals surface area contributed by atoms with Gasteiger partial charge >= 0.3 is 10.4 Å². The van der Waals surface area contributed by atoms with Gasteiger partial charge in [0.15, 0.2) is 25.0 Å². The van der Waals surface area contributed by atoms with E-state index in [0.29, 0.717) is 23.6 Å². The summed E-state index contributed by atoms with van der Waals surface area (Å²) in [5.74, 6) is -0.803. The standard InChI is InChI=1S/C31H51ClO10SSi3/c1-12-37-25-16-13-22(14-17-25)19-23-20-24(15-18-26(23)32)31(36-2)30(42-46(9,10)11)29(41-45(6,7)8)28(40-44(3,4)5)27(39-31)21-38-43(33,34)35/h13-18,20,27-30H,12,19,21H2,1-11H3,(H,33,34,35)/t27-,28-,29+,30-,31+/m1/s1. The lowest BCUT2D eigenvalue weighted by molar-refractivity contribution is -0.357. The van der Waals surface area contributed by atoms with Crippen molar-refractivity contribution in [1.82, 2.24) is 0 Å². The summed E-state index contributed by atoms with van der Waals surface area (Å²) >= 11 is 6.76. The van der Waals surface area contributed by atoms with Crippen molar-refractivity contribution in [2.45, 2.75) is 102 Å². The maximum absolute atomic E-state index is 11.8. The van der Waals surface area contributed by atoms with Crippen LogP contribution in [0.4, 0.5) is 0 Å². The van der Waals surface area contributed by atoms with E-state index in [-0.39, 0.29) is 0 Å². The fraction of sp³-hybridized carbons (Fsp3) is 0.613. The van der Waals surface area contributed by atoms with Crippen LogP contribution in [0.15, 0.2) is 42.5 Å². The van der Waals surface area contributed by atoms with E-state index in [4.69, 9.17) is 43.3 Å². The van der Waals surface area contributed by atoms with Gasteiger partial charge in [-0.05, 0) is 108 Å².